The molecule has 0 radical (unpaired) electrons. The van der Waals surface area contributed by atoms with Crippen molar-refractivity contribution >= 4 is 0 Å². The molecule has 0 saturated heterocycles. The Hall–Kier alpha value is -2.31. The van der Waals surface area contributed by atoms with Crippen LogP contribution in [-0.4, -0.2) is 0 Å². The Labute approximate surface area is 103 Å². The summed E-state index contributed by atoms with van der Waals surface area (Å²) in [5.41, 5.74) is 0. The molecule has 0 bridgehead atoms. The minimum absolute atomic E-state index is 0.267. The van der Waals surface area contributed by atoms with Crippen LogP contribution in [0.15, 0.2) is 18.2 Å². The van der Waals surface area contributed by atoms with E-state index < -0.39 is 46.3 Å². The summed E-state index contributed by atoms with van der Waals surface area (Å²) in [5.74, 6) is -11.3. The van der Waals surface area contributed by atoms with Crippen LogP contribution in [0.2, 0.25) is 0 Å². The topological polar surface area (TPSA) is 18.5 Å². The Morgan fingerprint density at radius 2 is 1.21 bits per heavy atom. The number of rotatable bonds is 0. The third-order valence-corrected chi connectivity index (χ3v) is 2.53. The minimum Gasteiger partial charge on any atom is -0.446 e. The van der Waals surface area contributed by atoms with Crippen molar-refractivity contribution in [3.63, 3.8) is 0 Å². The van der Waals surface area contributed by atoms with Gasteiger partial charge in [-0.1, -0.05) is 6.07 Å². The molecule has 1 heterocycles. The molecule has 0 unspecified atom stereocenters. The van der Waals surface area contributed by atoms with E-state index in [-0.39, 0.29) is 5.75 Å². The van der Waals surface area contributed by atoms with Crippen LogP contribution < -0.4 is 9.47 Å². The molecular formula is C12H3F5O2. The molecule has 1 aliphatic rings. The molecular weight excluding hydrogens is 271 g/mol. The van der Waals surface area contributed by atoms with Crippen molar-refractivity contribution in [2.75, 3.05) is 0 Å². The first kappa shape index (κ1) is 11.8. The monoisotopic (exact) mass is 274 g/mol. The van der Waals surface area contributed by atoms with E-state index >= 15 is 0 Å². The van der Waals surface area contributed by atoms with Gasteiger partial charge in [0.05, 0.1) is 0 Å². The van der Waals surface area contributed by atoms with E-state index in [0.717, 1.165) is 6.07 Å². The lowest BCUT2D eigenvalue weighted by molar-refractivity contribution is 0.290. The largest absolute Gasteiger partial charge is 0.446 e. The first-order chi connectivity index (χ1) is 9.00. The van der Waals surface area contributed by atoms with Crippen molar-refractivity contribution in [2.24, 2.45) is 0 Å². The molecule has 0 atom stereocenters. The second kappa shape index (κ2) is 3.84. The maximum atomic E-state index is 13.4. The van der Waals surface area contributed by atoms with E-state index in [4.69, 9.17) is 9.47 Å². The molecule has 2 nitrogen and oxygen atoms in total. The average molecular weight is 274 g/mol. The predicted molar refractivity (Wildman–Crippen MR) is 52.8 cm³/mol. The molecule has 0 amide bonds. The van der Waals surface area contributed by atoms with E-state index in [0.29, 0.717) is 0 Å². The number of fused-ring (bicyclic) bond motifs is 2. The number of halogens is 5. The number of benzene rings is 2. The van der Waals surface area contributed by atoms with Gasteiger partial charge in [0.15, 0.2) is 11.6 Å². The van der Waals surface area contributed by atoms with Gasteiger partial charge in [-0.05, 0) is 12.1 Å². The van der Waals surface area contributed by atoms with Crippen molar-refractivity contribution in [3.8, 4) is 23.0 Å². The zero-order chi connectivity index (χ0) is 13.7. The van der Waals surface area contributed by atoms with E-state index in [1.165, 1.54) is 12.1 Å². The van der Waals surface area contributed by atoms with Gasteiger partial charge in [-0.25, -0.2) is 13.2 Å². The van der Waals surface area contributed by atoms with Crippen molar-refractivity contribution in [1.29, 1.82) is 0 Å². The molecule has 2 aromatic carbocycles. The molecule has 0 N–H and O–H groups in total. The zero-order valence-electron chi connectivity index (χ0n) is 8.94. The summed E-state index contributed by atoms with van der Waals surface area (Å²) in [7, 11) is 0. The van der Waals surface area contributed by atoms with Gasteiger partial charge in [0, 0.05) is 0 Å². The second-order valence-corrected chi connectivity index (χ2v) is 3.69. The van der Waals surface area contributed by atoms with Gasteiger partial charge in [-0.3, -0.25) is 0 Å². The van der Waals surface area contributed by atoms with Crippen LogP contribution in [-0.2, 0) is 0 Å². The first-order valence-corrected chi connectivity index (χ1v) is 5.01. The fraction of sp³-hybridized carbons (Fsp3) is 0. The van der Waals surface area contributed by atoms with E-state index in [1.54, 1.807) is 0 Å². The molecule has 0 saturated carbocycles. The van der Waals surface area contributed by atoms with Crippen molar-refractivity contribution < 1.29 is 31.4 Å². The predicted octanol–water partition coefficient (Wildman–Crippen LogP) is 4.28. The smallest absolute Gasteiger partial charge is 0.212 e. The summed E-state index contributed by atoms with van der Waals surface area (Å²) in [6, 6.07) is 3.43. The zero-order valence-corrected chi connectivity index (χ0v) is 8.94. The Kier molecular flexibility index (Phi) is 2.38. The number of hydrogen-bond acceptors (Lipinski definition) is 2. The van der Waals surface area contributed by atoms with Gasteiger partial charge in [0.25, 0.3) is 0 Å². The highest BCUT2D eigenvalue weighted by Gasteiger charge is 2.33. The lowest BCUT2D eigenvalue weighted by Crippen LogP contribution is -2.08. The molecule has 1 aliphatic heterocycles. The van der Waals surface area contributed by atoms with Crippen molar-refractivity contribution in [2.45, 2.75) is 0 Å². The normalized spacial score (nSPS) is 12.3. The summed E-state index contributed by atoms with van der Waals surface area (Å²) >= 11 is 0. The first-order valence-electron chi connectivity index (χ1n) is 5.01. The molecule has 0 fully saturated rings. The van der Waals surface area contributed by atoms with E-state index in [1.807, 2.05) is 0 Å². The quantitative estimate of drug-likeness (QED) is 0.346. The molecule has 7 heteroatoms. The van der Waals surface area contributed by atoms with Crippen LogP contribution in [0.3, 0.4) is 0 Å². The number of hydrogen-bond donors (Lipinski definition) is 0. The van der Waals surface area contributed by atoms with Crippen molar-refractivity contribution in [3.05, 3.63) is 47.3 Å². The summed E-state index contributed by atoms with van der Waals surface area (Å²) < 4.78 is 75.9. The van der Waals surface area contributed by atoms with Crippen LogP contribution in [0.5, 0.6) is 23.0 Å². The molecule has 98 valence electrons. The second-order valence-electron chi connectivity index (χ2n) is 3.69. The fourth-order valence-electron chi connectivity index (χ4n) is 1.65. The number of ether oxygens (including phenoxy) is 2. The van der Waals surface area contributed by atoms with Gasteiger partial charge in [-0.2, -0.15) is 8.78 Å². The van der Waals surface area contributed by atoms with Gasteiger partial charge in [0.1, 0.15) is 0 Å². The van der Waals surface area contributed by atoms with Crippen LogP contribution >= 0.6 is 0 Å². The lowest BCUT2D eigenvalue weighted by atomic mass is 10.2. The molecule has 3 rings (SSSR count). The lowest BCUT2D eigenvalue weighted by Gasteiger charge is -2.21. The van der Waals surface area contributed by atoms with E-state index in [2.05, 4.69) is 0 Å². The highest BCUT2D eigenvalue weighted by Crippen LogP contribution is 2.49. The molecule has 2 aromatic rings. The van der Waals surface area contributed by atoms with Gasteiger partial charge in [-0.15, -0.1) is 0 Å². The standard InChI is InChI=1S/C12H3F5O2/c13-4-2-1-3-5-10(4)19-12-9(17)7(15)6(14)8(16)11(12)18-5/h1-3H. The van der Waals surface area contributed by atoms with Crippen LogP contribution in [0, 0.1) is 29.1 Å². The average Bonchev–Trinajstić information content (AvgIpc) is 2.42. The Morgan fingerprint density at radius 1 is 0.632 bits per heavy atom. The summed E-state index contributed by atoms with van der Waals surface area (Å²) in [5, 5.41) is 0. The summed E-state index contributed by atoms with van der Waals surface area (Å²) in [6.45, 7) is 0. The van der Waals surface area contributed by atoms with Gasteiger partial charge in [0.2, 0.25) is 40.5 Å². The highest BCUT2D eigenvalue weighted by molar-refractivity contribution is 5.56. The molecule has 0 spiro atoms. The molecule has 0 aromatic heterocycles. The third-order valence-electron chi connectivity index (χ3n) is 2.53. The molecule has 0 aliphatic carbocycles. The third kappa shape index (κ3) is 1.54. The SMILES string of the molecule is Fc1cccc2c1Oc1c(F)c(F)c(F)c(F)c1O2. The Morgan fingerprint density at radius 3 is 1.84 bits per heavy atom. The van der Waals surface area contributed by atoms with Crippen LogP contribution in [0.4, 0.5) is 22.0 Å². The summed E-state index contributed by atoms with van der Waals surface area (Å²) in [6.07, 6.45) is 0. The van der Waals surface area contributed by atoms with Crippen molar-refractivity contribution in [1.82, 2.24) is 0 Å². The fourth-order valence-corrected chi connectivity index (χ4v) is 1.65. The van der Waals surface area contributed by atoms with E-state index in [9.17, 15) is 22.0 Å². The highest BCUT2D eigenvalue weighted by atomic mass is 19.2. The maximum Gasteiger partial charge on any atom is 0.212 e. The van der Waals surface area contributed by atoms with Crippen LogP contribution in [0.1, 0.15) is 0 Å². The minimum atomic E-state index is -2.06. The summed E-state index contributed by atoms with van der Waals surface area (Å²) in [4.78, 5) is 0. The maximum absolute atomic E-state index is 13.4. The Balaban J connectivity index is 2.26. The van der Waals surface area contributed by atoms with Gasteiger partial charge < -0.3 is 9.47 Å². The number of para-hydroxylation sites is 1. The molecule has 19 heavy (non-hydrogen) atoms. The Bertz CT molecular complexity index is 699. The van der Waals surface area contributed by atoms with Gasteiger partial charge >= 0.3 is 0 Å². The van der Waals surface area contributed by atoms with Crippen LogP contribution in [0.25, 0.3) is 0 Å².